The van der Waals surface area contributed by atoms with Crippen LogP contribution >= 0.6 is 11.8 Å². The lowest BCUT2D eigenvalue weighted by Crippen LogP contribution is -2.24. The molecule has 1 atom stereocenters. The van der Waals surface area contributed by atoms with Gasteiger partial charge in [-0.25, -0.2) is 4.98 Å². The van der Waals surface area contributed by atoms with Crippen LogP contribution in [0, 0.1) is 13.8 Å². The molecule has 3 nitrogen and oxygen atoms in total. The first-order valence-electron chi connectivity index (χ1n) is 4.03. The molecular formula is C8H12N2OS. The molecule has 0 aliphatic carbocycles. The molecule has 1 aliphatic heterocycles. The molecule has 0 fully saturated rings. The molecule has 0 aromatic carbocycles. The summed E-state index contributed by atoms with van der Waals surface area (Å²) in [5, 5.41) is 10.5. The van der Waals surface area contributed by atoms with Crippen LogP contribution in [0.4, 0.5) is 0 Å². The monoisotopic (exact) mass is 184 g/mol. The molecule has 1 aliphatic rings. The zero-order chi connectivity index (χ0) is 8.72. The standard InChI is InChI=1S/C8H12N2OS/c1-5-6(2)10-3-7(11)4-12-8(10)9-5/h7,11H,3-4H2,1-2H3. The van der Waals surface area contributed by atoms with Crippen molar-refractivity contribution in [3.8, 4) is 0 Å². The summed E-state index contributed by atoms with van der Waals surface area (Å²) in [4.78, 5) is 4.40. The third kappa shape index (κ3) is 1.15. The van der Waals surface area contributed by atoms with E-state index < -0.39 is 0 Å². The normalized spacial score (nSPS) is 22.4. The second kappa shape index (κ2) is 2.78. The number of aliphatic hydroxyl groups is 1. The number of aryl methyl sites for hydroxylation is 1. The maximum Gasteiger partial charge on any atom is 0.168 e. The van der Waals surface area contributed by atoms with Crippen molar-refractivity contribution >= 4 is 11.8 Å². The summed E-state index contributed by atoms with van der Waals surface area (Å²) in [6.07, 6.45) is -0.213. The van der Waals surface area contributed by atoms with Crippen LogP contribution in [0.25, 0.3) is 0 Å². The molecule has 1 aromatic rings. The van der Waals surface area contributed by atoms with Crippen molar-refractivity contribution in [3.05, 3.63) is 11.4 Å². The third-order valence-corrected chi connectivity index (χ3v) is 3.34. The maximum absolute atomic E-state index is 9.42. The fourth-order valence-electron chi connectivity index (χ4n) is 1.38. The molecule has 1 unspecified atom stereocenters. The Morgan fingerprint density at radius 1 is 1.58 bits per heavy atom. The number of hydrogen-bond donors (Lipinski definition) is 1. The summed E-state index contributed by atoms with van der Waals surface area (Å²) in [7, 11) is 0. The number of rotatable bonds is 0. The molecule has 12 heavy (non-hydrogen) atoms. The first-order chi connectivity index (χ1) is 5.68. The van der Waals surface area contributed by atoms with E-state index in [1.165, 1.54) is 5.69 Å². The Hall–Kier alpha value is -0.480. The number of thioether (sulfide) groups is 1. The molecule has 4 heteroatoms. The molecule has 2 rings (SSSR count). The van der Waals surface area contributed by atoms with Crippen LogP contribution in [0.3, 0.4) is 0 Å². The van der Waals surface area contributed by atoms with Gasteiger partial charge in [0.2, 0.25) is 0 Å². The van der Waals surface area contributed by atoms with Crippen molar-refractivity contribution < 1.29 is 5.11 Å². The van der Waals surface area contributed by atoms with Gasteiger partial charge in [-0.15, -0.1) is 0 Å². The smallest absolute Gasteiger partial charge is 0.168 e. The predicted octanol–water partition coefficient (Wildman–Crippen LogP) is 0.967. The van der Waals surface area contributed by atoms with E-state index in [2.05, 4.69) is 9.55 Å². The maximum atomic E-state index is 9.42. The van der Waals surface area contributed by atoms with Gasteiger partial charge >= 0.3 is 0 Å². The molecular weight excluding hydrogens is 172 g/mol. The molecule has 0 saturated heterocycles. The Morgan fingerprint density at radius 3 is 3.08 bits per heavy atom. The summed E-state index contributed by atoms with van der Waals surface area (Å²) >= 11 is 1.63. The fourth-order valence-corrected chi connectivity index (χ4v) is 2.40. The van der Waals surface area contributed by atoms with Crippen molar-refractivity contribution in [1.82, 2.24) is 9.55 Å². The lowest BCUT2D eigenvalue weighted by molar-refractivity contribution is 0.169. The Kier molecular flexibility index (Phi) is 1.88. The summed E-state index contributed by atoms with van der Waals surface area (Å²) < 4.78 is 2.09. The summed E-state index contributed by atoms with van der Waals surface area (Å²) in [6, 6.07) is 0. The van der Waals surface area contributed by atoms with Gasteiger partial charge < -0.3 is 9.67 Å². The Morgan fingerprint density at radius 2 is 2.33 bits per heavy atom. The van der Waals surface area contributed by atoms with E-state index in [4.69, 9.17) is 0 Å². The number of fused-ring (bicyclic) bond motifs is 1. The zero-order valence-electron chi connectivity index (χ0n) is 7.24. The van der Waals surface area contributed by atoms with Crippen LogP contribution < -0.4 is 0 Å². The largest absolute Gasteiger partial charge is 0.390 e. The molecule has 0 radical (unpaired) electrons. The van der Waals surface area contributed by atoms with E-state index >= 15 is 0 Å². The minimum absolute atomic E-state index is 0.213. The molecule has 1 N–H and O–H groups in total. The number of imidazole rings is 1. The third-order valence-electron chi connectivity index (χ3n) is 2.22. The van der Waals surface area contributed by atoms with E-state index in [1.807, 2.05) is 13.8 Å². The van der Waals surface area contributed by atoms with Crippen LogP contribution in [0.1, 0.15) is 11.4 Å². The molecule has 0 amide bonds. The Balaban J connectivity index is 2.44. The minimum atomic E-state index is -0.213. The van der Waals surface area contributed by atoms with Crippen LogP contribution in [0.5, 0.6) is 0 Å². The summed E-state index contributed by atoms with van der Waals surface area (Å²) in [5.41, 5.74) is 2.25. The van der Waals surface area contributed by atoms with E-state index in [0.29, 0.717) is 6.54 Å². The second-order valence-electron chi connectivity index (χ2n) is 3.14. The van der Waals surface area contributed by atoms with E-state index in [1.54, 1.807) is 11.8 Å². The van der Waals surface area contributed by atoms with Gasteiger partial charge in [-0.1, -0.05) is 11.8 Å². The number of aliphatic hydroxyl groups excluding tert-OH is 1. The van der Waals surface area contributed by atoms with Crippen molar-refractivity contribution in [3.63, 3.8) is 0 Å². The van der Waals surface area contributed by atoms with Gasteiger partial charge in [-0.3, -0.25) is 0 Å². The van der Waals surface area contributed by atoms with Crippen molar-refractivity contribution in [2.45, 2.75) is 31.7 Å². The second-order valence-corrected chi connectivity index (χ2v) is 4.13. The fraction of sp³-hybridized carbons (Fsp3) is 0.625. The summed E-state index contributed by atoms with van der Waals surface area (Å²) in [5.74, 6) is 0.774. The first kappa shape index (κ1) is 8.13. The molecule has 0 bridgehead atoms. The topological polar surface area (TPSA) is 38.0 Å². The van der Waals surface area contributed by atoms with E-state index in [0.717, 1.165) is 16.6 Å². The lowest BCUT2D eigenvalue weighted by Gasteiger charge is -2.19. The predicted molar refractivity (Wildman–Crippen MR) is 48.4 cm³/mol. The zero-order valence-corrected chi connectivity index (χ0v) is 8.06. The quantitative estimate of drug-likeness (QED) is 0.653. The van der Waals surface area contributed by atoms with Gasteiger partial charge in [0.1, 0.15) is 0 Å². The van der Waals surface area contributed by atoms with Gasteiger partial charge in [-0.2, -0.15) is 0 Å². The van der Waals surface area contributed by atoms with Gasteiger partial charge in [-0.05, 0) is 13.8 Å². The molecule has 0 saturated carbocycles. The number of aromatic nitrogens is 2. The van der Waals surface area contributed by atoms with Gasteiger partial charge in [0, 0.05) is 11.4 Å². The number of hydrogen-bond acceptors (Lipinski definition) is 3. The molecule has 1 aromatic heterocycles. The van der Waals surface area contributed by atoms with Crippen LogP contribution in [0.15, 0.2) is 5.16 Å². The average molecular weight is 184 g/mol. The van der Waals surface area contributed by atoms with E-state index in [-0.39, 0.29) is 6.10 Å². The first-order valence-corrected chi connectivity index (χ1v) is 5.01. The highest BCUT2D eigenvalue weighted by Gasteiger charge is 2.20. The SMILES string of the molecule is Cc1nc2n(c1C)CC(O)CS2. The van der Waals surface area contributed by atoms with Gasteiger partial charge in [0.25, 0.3) is 0 Å². The van der Waals surface area contributed by atoms with Crippen molar-refractivity contribution in [2.75, 3.05) is 5.75 Å². The Labute approximate surface area is 75.8 Å². The molecule has 66 valence electrons. The highest BCUT2D eigenvalue weighted by atomic mass is 32.2. The molecule has 0 spiro atoms. The van der Waals surface area contributed by atoms with E-state index in [9.17, 15) is 5.11 Å². The Bertz CT molecular complexity index is 308. The minimum Gasteiger partial charge on any atom is -0.390 e. The number of nitrogens with zero attached hydrogens (tertiary/aromatic N) is 2. The van der Waals surface area contributed by atoms with Gasteiger partial charge in [0.05, 0.1) is 18.3 Å². The van der Waals surface area contributed by atoms with Crippen LogP contribution in [0.2, 0.25) is 0 Å². The lowest BCUT2D eigenvalue weighted by atomic mass is 10.3. The molecule has 2 heterocycles. The highest BCUT2D eigenvalue weighted by Crippen LogP contribution is 2.26. The van der Waals surface area contributed by atoms with Gasteiger partial charge in [0.15, 0.2) is 5.16 Å². The summed E-state index contributed by atoms with van der Waals surface area (Å²) in [6.45, 7) is 4.76. The van der Waals surface area contributed by atoms with Crippen molar-refractivity contribution in [1.29, 1.82) is 0 Å². The van der Waals surface area contributed by atoms with Crippen LogP contribution in [-0.4, -0.2) is 26.5 Å². The van der Waals surface area contributed by atoms with Crippen molar-refractivity contribution in [2.24, 2.45) is 0 Å². The van der Waals surface area contributed by atoms with Crippen LogP contribution in [-0.2, 0) is 6.54 Å². The highest BCUT2D eigenvalue weighted by molar-refractivity contribution is 7.99. The average Bonchev–Trinajstić information content (AvgIpc) is 2.31.